The van der Waals surface area contributed by atoms with E-state index in [1.807, 2.05) is 30.5 Å². The normalized spacial score (nSPS) is 11.3. The summed E-state index contributed by atoms with van der Waals surface area (Å²) in [5, 5.41) is 4.02. The molecular weight excluding hydrogens is 260 g/mol. The van der Waals surface area contributed by atoms with Crippen molar-refractivity contribution in [2.45, 2.75) is 40.3 Å². The van der Waals surface area contributed by atoms with Gasteiger partial charge in [-0.2, -0.15) is 0 Å². The first-order valence-electron chi connectivity index (χ1n) is 6.38. The SMILES string of the molecule is Cc1ncn(-c2ccc(Cl)c(CNC(C)C)n2)c1C. The lowest BCUT2D eigenvalue weighted by Gasteiger charge is -2.11. The molecule has 0 aliphatic heterocycles. The monoisotopic (exact) mass is 278 g/mol. The summed E-state index contributed by atoms with van der Waals surface area (Å²) < 4.78 is 1.98. The number of aromatic nitrogens is 3. The Morgan fingerprint density at radius 3 is 2.63 bits per heavy atom. The Kier molecular flexibility index (Phi) is 4.22. The number of hydrogen-bond acceptors (Lipinski definition) is 3. The van der Waals surface area contributed by atoms with Crippen molar-refractivity contribution in [1.82, 2.24) is 19.9 Å². The third kappa shape index (κ3) is 3.14. The van der Waals surface area contributed by atoms with Crippen molar-refractivity contribution in [2.24, 2.45) is 0 Å². The summed E-state index contributed by atoms with van der Waals surface area (Å²) in [4.78, 5) is 8.91. The van der Waals surface area contributed by atoms with Gasteiger partial charge in [0, 0.05) is 18.3 Å². The van der Waals surface area contributed by atoms with Crippen molar-refractivity contribution in [1.29, 1.82) is 0 Å². The molecule has 2 heterocycles. The van der Waals surface area contributed by atoms with Crippen LogP contribution in [0.3, 0.4) is 0 Å². The molecule has 0 radical (unpaired) electrons. The van der Waals surface area contributed by atoms with E-state index in [2.05, 4.69) is 29.1 Å². The maximum atomic E-state index is 6.18. The van der Waals surface area contributed by atoms with Crippen molar-refractivity contribution < 1.29 is 0 Å². The Balaban J connectivity index is 2.33. The number of nitrogens with zero attached hydrogens (tertiary/aromatic N) is 3. The molecule has 2 rings (SSSR count). The average molecular weight is 279 g/mol. The van der Waals surface area contributed by atoms with Gasteiger partial charge in [-0.25, -0.2) is 9.97 Å². The highest BCUT2D eigenvalue weighted by Gasteiger charge is 2.09. The van der Waals surface area contributed by atoms with Crippen molar-refractivity contribution in [3.05, 3.63) is 40.6 Å². The molecule has 0 unspecified atom stereocenters. The molecular formula is C14H19ClN4. The Morgan fingerprint density at radius 1 is 1.32 bits per heavy atom. The van der Waals surface area contributed by atoms with Crippen LogP contribution in [0.5, 0.6) is 0 Å². The highest BCUT2D eigenvalue weighted by atomic mass is 35.5. The average Bonchev–Trinajstić information content (AvgIpc) is 2.69. The van der Waals surface area contributed by atoms with Gasteiger partial charge in [0.1, 0.15) is 12.1 Å². The number of hydrogen-bond donors (Lipinski definition) is 1. The van der Waals surface area contributed by atoms with Crippen LogP contribution in [0.15, 0.2) is 18.5 Å². The zero-order chi connectivity index (χ0) is 14.0. The molecule has 0 saturated carbocycles. The number of nitrogens with one attached hydrogen (secondary N) is 1. The first-order chi connectivity index (χ1) is 8.99. The zero-order valence-electron chi connectivity index (χ0n) is 11.7. The molecule has 2 aromatic heterocycles. The minimum Gasteiger partial charge on any atom is -0.309 e. The smallest absolute Gasteiger partial charge is 0.138 e. The van der Waals surface area contributed by atoms with Crippen LogP contribution in [0.25, 0.3) is 5.82 Å². The van der Waals surface area contributed by atoms with Gasteiger partial charge >= 0.3 is 0 Å². The van der Waals surface area contributed by atoms with Crippen molar-refractivity contribution in [2.75, 3.05) is 0 Å². The first kappa shape index (κ1) is 14.0. The van der Waals surface area contributed by atoms with E-state index in [1.54, 1.807) is 6.33 Å². The maximum absolute atomic E-state index is 6.18. The summed E-state index contributed by atoms with van der Waals surface area (Å²) in [7, 11) is 0. The van der Waals surface area contributed by atoms with Crippen LogP contribution < -0.4 is 5.32 Å². The van der Waals surface area contributed by atoms with Crippen LogP contribution in [0.2, 0.25) is 5.02 Å². The molecule has 0 amide bonds. The van der Waals surface area contributed by atoms with Gasteiger partial charge in [-0.15, -0.1) is 0 Å². The maximum Gasteiger partial charge on any atom is 0.138 e. The molecule has 19 heavy (non-hydrogen) atoms. The summed E-state index contributed by atoms with van der Waals surface area (Å²) in [5.41, 5.74) is 2.97. The second kappa shape index (κ2) is 5.72. The van der Waals surface area contributed by atoms with Crippen LogP contribution in [-0.4, -0.2) is 20.6 Å². The van der Waals surface area contributed by atoms with Gasteiger partial charge in [0.2, 0.25) is 0 Å². The van der Waals surface area contributed by atoms with Crippen LogP contribution >= 0.6 is 11.6 Å². The lowest BCUT2D eigenvalue weighted by molar-refractivity contribution is 0.581. The second-order valence-electron chi connectivity index (χ2n) is 4.92. The number of aryl methyl sites for hydroxylation is 1. The number of pyridine rings is 1. The molecule has 1 N–H and O–H groups in total. The van der Waals surface area contributed by atoms with Gasteiger partial charge in [-0.1, -0.05) is 25.4 Å². The van der Waals surface area contributed by atoms with Crippen LogP contribution in [0, 0.1) is 13.8 Å². The summed E-state index contributed by atoms with van der Waals surface area (Å²) in [6.45, 7) is 8.88. The van der Waals surface area contributed by atoms with Gasteiger partial charge in [0.15, 0.2) is 0 Å². The Bertz CT molecular complexity index is 575. The predicted octanol–water partition coefficient (Wildman–Crippen LogP) is 3.04. The molecule has 0 bridgehead atoms. The molecule has 0 saturated heterocycles. The summed E-state index contributed by atoms with van der Waals surface area (Å²) in [6, 6.07) is 4.20. The zero-order valence-corrected chi connectivity index (χ0v) is 12.5. The van der Waals surface area contributed by atoms with Crippen LogP contribution in [0.4, 0.5) is 0 Å². The Morgan fingerprint density at radius 2 is 2.05 bits per heavy atom. The van der Waals surface area contributed by atoms with Gasteiger partial charge in [0.25, 0.3) is 0 Å². The van der Waals surface area contributed by atoms with Gasteiger partial charge < -0.3 is 5.32 Å². The van der Waals surface area contributed by atoms with Gasteiger partial charge in [-0.05, 0) is 26.0 Å². The van der Waals surface area contributed by atoms with E-state index in [4.69, 9.17) is 11.6 Å². The summed E-state index contributed by atoms with van der Waals surface area (Å²) >= 11 is 6.18. The standard InChI is InChI=1S/C14H19ClN4/c1-9(2)16-7-13-12(15)5-6-14(18-13)19-8-17-10(3)11(19)4/h5-6,8-9,16H,7H2,1-4H3. The molecule has 0 atom stereocenters. The minimum absolute atomic E-state index is 0.402. The summed E-state index contributed by atoms with van der Waals surface area (Å²) in [6.07, 6.45) is 1.79. The number of halogens is 1. The van der Waals surface area contributed by atoms with E-state index in [0.29, 0.717) is 17.6 Å². The fourth-order valence-corrected chi connectivity index (χ4v) is 1.93. The van der Waals surface area contributed by atoms with Crippen LogP contribution in [-0.2, 0) is 6.54 Å². The largest absolute Gasteiger partial charge is 0.309 e. The fraction of sp³-hybridized carbons (Fsp3) is 0.429. The summed E-state index contributed by atoms with van der Waals surface area (Å²) in [5.74, 6) is 0.850. The second-order valence-corrected chi connectivity index (χ2v) is 5.33. The lowest BCUT2D eigenvalue weighted by atomic mass is 10.3. The highest BCUT2D eigenvalue weighted by Crippen LogP contribution is 2.18. The molecule has 102 valence electrons. The topological polar surface area (TPSA) is 42.7 Å². The molecule has 0 spiro atoms. The fourth-order valence-electron chi connectivity index (χ4n) is 1.76. The third-order valence-electron chi connectivity index (χ3n) is 3.08. The molecule has 5 heteroatoms. The predicted molar refractivity (Wildman–Crippen MR) is 77.8 cm³/mol. The molecule has 2 aromatic rings. The third-order valence-corrected chi connectivity index (χ3v) is 3.42. The van der Waals surface area contributed by atoms with E-state index in [-0.39, 0.29) is 0 Å². The Hall–Kier alpha value is -1.39. The number of imidazole rings is 1. The van der Waals surface area contributed by atoms with E-state index >= 15 is 0 Å². The highest BCUT2D eigenvalue weighted by molar-refractivity contribution is 6.31. The molecule has 0 aliphatic carbocycles. The number of rotatable bonds is 4. The van der Waals surface area contributed by atoms with E-state index < -0.39 is 0 Å². The van der Waals surface area contributed by atoms with Crippen LogP contribution in [0.1, 0.15) is 30.9 Å². The lowest BCUT2D eigenvalue weighted by Crippen LogP contribution is -2.23. The van der Waals surface area contributed by atoms with Crippen molar-refractivity contribution in [3.8, 4) is 5.82 Å². The molecule has 0 aromatic carbocycles. The Labute approximate surface area is 118 Å². The first-order valence-corrected chi connectivity index (χ1v) is 6.76. The van der Waals surface area contributed by atoms with Crippen molar-refractivity contribution >= 4 is 11.6 Å². The molecule has 0 fully saturated rings. The van der Waals surface area contributed by atoms with E-state index in [1.165, 1.54) is 0 Å². The minimum atomic E-state index is 0.402. The van der Waals surface area contributed by atoms with Crippen molar-refractivity contribution in [3.63, 3.8) is 0 Å². The van der Waals surface area contributed by atoms with E-state index in [9.17, 15) is 0 Å². The van der Waals surface area contributed by atoms with Gasteiger partial charge in [0.05, 0.1) is 16.4 Å². The molecule has 4 nitrogen and oxygen atoms in total. The van der Waals surface area contributed by atoms with E-state index in [0.717, 1.165) is 22.9 Å². The van der Waals surface area contributed by atoms with Gasteiger partial charge in [-0.3, -0.25) is 4.57 Å². The quantitative estimate of drug-likeness (QED) is 0.935. The molecule has 0 aliphatic rings.